The lowest BCUT2D eigenvalue weighted by atomic mass is 10.3. The monoisotopic (exact) mass is 494 g/mol. The van der Waals surface area contributed by atoms with Gasteiger partial charge >= 0.3 is 0 Å². The smallest absolute Gasteiger partial charge is 0.246 e. The van der Waals surface area contributed by atoms with Gasteiger partial charge in [-0.05, 0) is 36.4 Å². The molecule has 0 bridgehead atoms. The van der Waals surface area contributed by atoms with Gasteiger partial charge in [-0.15, -0.1) is 11.8 Å². The molecule has 2 aliphatic rings. The van der Waals surface area contributed by atoms with Gasteiger partial charge in [0.05, 0.1) is 39.3 Å². The number of amides is 1. The molecule has 0 spiro atoms. The zero-order valence-electron chi connectivity index (χ0n) is 18.2. The van der Waals surface area contributed by atoms with E-state index in [2.05, 4.69) is 5.32 Å². The van der Waals surface area contributed by atoms with E-state index >= 15 is 0 Å². The van der Waals surface area contributed by atoms with Crippen molar-refractivity contribution in [1.82, 2.24) is 4.31 Å². The number of ether oxygens (including phenoxy) is 4. The predicted octanol–water partition coefficient (Wildman–Crippen LogP) is 2.61. The molecular formula is C22H26N2O7S2. The summed E-state index contributed by atoms with van der Waals surface area (Å²) in [5.74, 6) is 1.49. The first-order valence-electron chi connectivity index (χ1n) is 10.6. The number of rotatable bonds is 7. The van der Waals surface area contributed by atoms with Crippen LogP contribution in [0.4, 0.5) is 5.69 Å². The Bertz CT molecular complexity index is 1100. The molecule has 1 amide bonds. The van der Waals surface area contributed by atoms with Gasteiger partial charge < -0.3 is 24.3 Å². The predicted molar refractivity (Wildman–Crippen MR) is 124 cm³/mol. The van der Waals surface area contributed by atoms with Crippen LogP contribution in [0, 0.1) is 0 Å². The van der Waals surface area contributed by atoms with Gasteiger partial charge in [0, 0.05) is 30.1 Å². The topological polar surface area (TPSA) is 103 Å². The molecule has 0 aliphatic carbocycles. The summed E-state index contributed by atoms with van der Waals surface area (Å²) in [7, 11) is -2.37. The molecule has 0 saturated carbocycles. The van der Waals surface area contributed by atoms with Gasteiger partial charge in [0.25, 0.3) is 0 Å². The van der Waals surface area contributed by atoms with Gasteiger partial charge in [-0.3, -0.25) is 4.79 Å². The lowest BCUT2D eigenvalue weighted by Crippen LogP contribution is -2.40. The van der Waals surface area contributed by atoms with E-state index in [9.17, 15) is 13.2 Å². The Kier molecular flexibility index (Phi) is 7.63. The van der Waals surface area contributed by atoms with Gasteiger partial charge in [0.15, 0.2) is 11.5 Å². The minimum Gasteiger partial charge on any atom is -0.495 e. The molecule has 1 N–H and O–H groups in total. The van der Waals surface area contributed by atoms with Crippen molar-refractivity contribution in [2.45, 2.75) is 16.2 Å². The van der Waals surface area contributed by atoms with E-state index in [1.54, 1.807) is 12.1 Å². The minimum atomic E-state index is -3.78. The molecule has 2 aromatic carbocycles. The fourth-order valence-corrected chi connectivity index (χ4v) is 5.78. The molecule has 9 nitrogen and oxygen atoms in total. The molecule has 33 heavy (non-hydrogen) atoms. The molecular weight excluding hydrogens is 468 g/mol. The van der Waals surface area contributed by atoms with Crippen LogP contribution >= 0.6 is 11.8 Å². The summed E-state index contributed by atoms with van der Waals surface area (Å²) in [6.45, 7) is 2.44. The Hall–Kier alpha value is -2.47. The first-order chi connectivity index (χ1) is 16.0. The number of methoxy groups -OCH3 is 1. The summed E-state index contributed by atoms with van der Waals surface area (Å²) in [5, 5.41) is 2.77. The molecule has 1 fully saturated rings. The van der Waals surface area contributed by atoms with Gasteiger partial charge in [0.1, 0.15) is 10.6 Å². The summed E-state index contributed by atoms with van der Waals surface area (Å²) in [4.78, 5) is 13.4. The average molecular weight is 495 g/mol. The highest BCUT2D eigenvalue weighted by Gasteiger charge is 2.29. The van der Waals surface area contributed by atoms with Crippen LogP contribution in [0.1, 0.15) is 6.42 Å². The summed E-state index contributed by atoms with van der Waals surface area (Å²) in [6, 6.07) is 10.2. The Balaban J connectivity index is 1.43. The number of sulfonamides is 1. The Morgan fingerprint density at radius 1 is 1.06 bits per heavy atom. The van der Waals surface area contributed by atoms with Crippen molar-refractivity contribution in [3.8, 4) is 17.2 Å². The van der Waals surface area contributed by atoms with E-state index in [0.717, 1.165) is 11.3 Å². The molecule has 2 heterocycles. The Morgan fingerprint density at radius 2 is 1.82 bits per heavy atom. The quantitative estimate of drug-likeness (QED) is 0.586. The number of fused-ring (bicyclic) bond motifs is 1. The molecule has 178 valence electrons. The highest BCUT2D eigenvalue weighted by atomic mass is 32.2. The van der Waals surface area contributed by atoms with Crippen molar-refractivity contribution in [3.05, 3.63) is 36.4 Å². The van der Waals surface area contributed by atoms with Gasteiger partial charge in [0.2, 0.25) is 15.9 Å². The van der Waals surface area contributed by atoms with Crippen LogP contribution in [0.5, 0.6) is 17.2 Å². The van der Waals surface area contributed by atoms with Crippen molar-refractivity contribution < 1.29 is 32.2 Å². The van der Waals surface area contributed by atoms with Crippen molar-refractivity contribution >= 4 is 33.4 Å². The summed E-state index contributed by atoms with van der Waals surface area (Å²) < 4.78 is 49.4. The SMILES string of the molecule is COc1ccc(NC(=O)CSc2ccc3c(c2)OCCCO3)cc1S(=O)(=O)N1CCOCC1. The molecule has 2 aromatic rings. The van der Waals surface area contributed by atoms with Crippen molar-refractivity contribution in [2.75, 3.05) is 57.7 Å². The fraction of sp³-hybridized carbons (Fsp3) is 0.409. The van der Waals surface area contributed by atoms with Crippen molar-refractivity contribution in [1.29, 1.82) is 0 Å². The molecule has 2 aliphatic heterocycles. The summed E-state index contributed by atoms with van der Waals surface area (Å²) in [6.07, 6.45) is 0.824. The maximum absolute atomic E-state index is 13.1. The summed E-state index contributed by atoms with van der Waals surface area (Å²) >= 11 is 1.35. The molecule has 0 radical (unpaired) electrons. The molecule has 0 atom stereocenters. The van der Waals surface area contributed by atoms with Crippen LogP contribution in [-0.4, -0.2) is 71.0 Å². The first kappa shape index (κ1) is 23.7. The fourth-order valence-electron chi connectivity index (χ4n) is 3.46. The second-order valence-corrected chi connectivity index (χ2v) is 10.3. The lowest BCUT2D eigenvalue weighted by molar-refractivity contribution is -0.113. The Morgan fingerprint density at radius 3 is 2.58 bits per heavy atom. The van der Waals surface area contributed by atoms with Crippen LogP contribution < -0.4 is 19.5 Å². The van der Waals surface area contributed by atoms with E-state index in [1.165, 1.54) is 29.2 Å². The maximum atomic E-state index is 13.1. The first-order valence-corrected chi connectivity index (χ1v) is 13.0. The van der Waals surface area contributed by atoms with Crippen LogP contribution in [0.25, 0.3) is 0 Å². The van der Waals surface area contributed by atoms with Crippen molar-refractivity contribution in [3.63, 3.8) is 0 Å². The highest BCUT2D eigenvalue weighted by Crippen LogP contribution is 2.34. The number of carbonyl (C=O) groups excluding carboxylic acids is 1. The van der Waals surface area contributed by atoms with Crippen LogP contribution in [-0.2, 0) is 19.6 Å². The van der Waals surface area contributed by atoms with Gasteiger partial charge in [-0.2, -0.15) is 4.31 Å². The number of nitrogens with one attached hydrogen (secondary N) is 1. The van der Waals surface area contributed by atoms with Crippen molar-refractivity contribution in [2.24, 2.45) is 0 Å². The zero-order chi connectivity index (χ0) is 23.3. The largest absolute Gasteiger partial charge is 0.495 e. The van der Waals surface area contributed by atoms with E-state index in [4.69, 9.17) is 18.9 Å². The number of hydrogen-bond acceptors (Lipinski definition) is 8. The number of morpholine rings is 1. The number of carbonyl (C=O) groups is 1. The van der Waals surface area contributed by atoms with E-state index in [1.807, 2.05) is 18.2 Å². The minimum absolute atomic E-state index is 0.0141. The van der Waals surface area contributed by atoms with Gasteiger partial charge in [-0.25, -0.2) is 8.42 Å². The number of nitrogens with zero attached hydrogens (tertiary/aromatic N) is 1. The number of anilines is 1. The number of thioether (sulfide) groups is 1. The second-order valence-electron chi connectivity index (χ2n) is 7.38. The van der Waals surface area contributed by atoms with E-state index < -0.39 is 10.0 Å². The highest BCUT2D eigenvalue weighted by molar-refractivity contribution is 8.00. The second kappa shape index (κ2) is 10.6. The third-order valence-corrected chi connectivity index (χ3v) is 8.04. The third-order valence-electron chi connectivity index (χ3n) is 5.12. The number of benzene rings is 2. The lowest BCUT2D eigenvalue weighted by Gasteiger charge is -2.26. The van der Waals surface area contributed by atoms with E-state index in [-0.39, 0.29) is 35.4 Å². The van der Waals surface area contributed by atoms with Crippen LogP contribution in [0.2, 0.25) is 0 Å². The third kappa shape index (κ3) is 5.72. The summed E-state index contributed by atoms with van der Waals surface area (Å²) in [5.41, 5.74) is 0.381. The maximum Gasteiger partial charge on any atom is 0.246 e. The molecule has 1 saturated heterocycles. The zero-order valence-corrected chi connectivity index (χ0v) is 19.9. The molecule has 0 unspecified atom stereocenters. The van der Waals surface area contributed by atoms with Crippen LogP contribution in [0.15, 0.2) is 46.2 Å². The van der Waals surface area contributed by atoms with E-state index in [0.29, 0.717) is 43.6 Å². The molecule has 11 heteroatoms. The molecule has 4 rings (SSSR count). The van der Waals surface area contributed by atoms with Gasteiger partial charge in [-0.1, -0.05) is 0 Å². The average Bonchev–Trinajstić information content (AvgIpc) is 3.08. The molecule has 0 aromatic heterocycles. The standard InChI is InChI=1S/C22H26N2O7S2/c1-28-19-5-3-16(13-21(19)33(26,27)24-7-11-29-12-8-24)23-22(25)15-32-17-4-6-18-20(14-17)31-10-2-9-30-18/h3-6,13-14H,2,7-12,15H2,1H3,(H,23,25). The Labute approximate surface area is 197 Å². The normalized spacial score (nSPS) is 16.6. The van der Waals surface area contributed by atoms with Crippen LogP contribution in [0.3, 0.4) is 0 Å². The number of hydrogen-bond donors (Lipinski definition) is 1.